The zero-order valence-electron chi connectivity index (χ0n) is 18.6. The molecule has 1 heterocycles. The van der Waals surface area contributed by atoms with E-state index in [-0.39, 0.29) is 5.04 Å². The van der Waals surface area contributed by atoms with Gasteiger partial charge in [0, 0.05) is 23.6 Å². The van der Waals surface area contributed by atoms with Crippen LogP contribution in [0.1, 0.15) is 20.8 Å². The van der Waals surface area contributed by atoms with E-state index >= 15 is 0 Å². The van der Waals surface area contributed by atoms with Gasteiger partial charge in [-0.15, -0.1) is 0 Å². The van der Waals surface area contributed by atoms with Crippen LogP contribution >= 0.6 is 27.3 Å². The van der Waals surface area contributed by atoms with Crippen LogP contribution in [0.4, 0.5) is 10.8 Å². The molecule has 4 aromatic rings. The second kappa shape index (κ2) is 9.25. The van der Waals surface area contributed by atoms with Gasteiger partial charge in [-0.3, -0.25) is 0 Å². The number of hydrogen-bond acceptors (Lipinski definition) is 5. The molecule has 0 saturated carbocycles. The number of alkyl halides is 1. The predicted molar refractivity (Wildman–Crippen MR) is 145 cm³/mol. The van der Waals surface area contributed by atoms with Gasteiger partial charge in [0.05, 0.1) is 4.70 Å². The summed E-state index contributed by atoms with van der Waals surface area (Å²) in [5, 5.41) is 7.20. The Morgan fingerprint density at radius 3 is 2.12 bits per heavy atom. The summed E-state index contributed by atoms with van der Waals surface area (Å²) in [5.74, 6) is 0.779. The van der Waals surface area contributed by atoms with Crippen molar-refractivity contribution in [1.82, 2.24) is 4.98 Å². The molecule has 4 nitrogen and oxygen atoms in total. The third-order valence-electron chi connectivity index (χ3n) is 5.58. The Bertz CT molecular complexity index is 1150. The molecule has 0 aliphatic rings. The lowest BCUT2D eigenvalue weighted by atomic mass is 10.2. The molecule has 0 saturated heterocycles. The Labute approximate surface area is 203 Å². The van der Waals surface area contributed by atoms with E-state index in [1.54, 1.807) is 0 Å². The van der Waals surface area contributed by atoms with E-state index in [2.05, 4.69) is 120 Å². The van der Waals surface area contributed by atoms with Crippen LogP contribution < -0.4 is 25.8 Å². The van der Waals surface area contributed by atoms with E-state index in [0.717, 1.165) is 33.5 Å². The highest BCUT2D eigenvalue weighted by molar-refractivity contribution is 9.09. The van der Waals surface area contributed by atoms with Crippen LogP contribution in [-0.2, 0) is 0 Å². The highest BCUT2D eigenvalue weighted by atomic mass is 79.9. The summed E-state index contributed by atoms with van der Waals surface area (Å²) < 4.78 is 8.28. The molecule has 0 spiro atoms. The van der Waals surface area contributed by atoms with Gasteiger partial charge in [-0.05, 0) is 21.5 Å². The number of nitrogens with one attached hydrogen (secondary N) is 1. The second-order valence-corrected chi connectivity index (χ2v) is 14.8. The largest absolute Gasteiger partial charge is 0.532 e. The zero-order valence-corrected chi connectivity index (χ0v) is 22.0. The van der Waals surface area contributed by atoms with Gasteiger partial charge in [0.15, 0.2) is 5.13 Å². The third kappa shape index (κ3) is 4.29. The zero-order chi connectivity index (χ0) is 22.8. The highest BCUT2D eigenvalue weighted by Gasteiger charge is 2.52. The van der Waals surface area contributed by atoms with Crippen molar-refractivity contribution in [2.24, 2.45) is 0 Å². The van der Waals surface area contributed by atoms with Crippen LogP contribution in [0.15, 0.2) is 72.8 Å². The SMILES string of the molecule is CC(C)(C)[Si](Oc1cc(NCCBr)cc2sc(N)nc12)(c1ccccc1)c1ccccc1. The Hall–Kier alpha value is -2.35. The number of anilines is 2. The maximum absolute atomic E-state index is 7.26. The van der Waals surface area contributed by atoms with Crippen molar-refractivity contribution in [2.45, 2.75) is 25.8 Å². The van der Waals surface area contributed by atoms with Gasteiger partial charge in [0.25, 0.3) is 0 Å². The van der Waals surface area contributed by atoms with Crippen molar-refractivity contribution in [3.8, 4) is 5.75 Å². The summed E-state index contributed by atoms with van der Waals surface area (Å²) in [6.45, 7) is 7.65. The number of nitrogens with two attached hydrogens (primary N) is 1. The Kier molecular flexibility index (Phi) is 6.60. The van der Waals surface area contributed by atoms with E-state index in [9.17, 15) is 0 Å². The minimum Gasteiger partial charge on any atom is -0.532 e. The van der Waals surface area contributed by atoms with E-state index < -0.39 is 8.32 Å². The van der Waals surface area contributed by atoms with Crippen molar-refractivity contribution < 1.29 is 4.43 Å². The molecule has 0 aliphatic heterocycles. The summed E-state index contributed by atoms with van der Waals surface area (Å²) in [4.78, 5) is 4.64. The monoisotopic (exact) mass is 525 g/mol. The van der Waals surface area contributed by atoms with Crippen molar-refractivity contribution in [1.29, 1.82) is 0 Å². The minimum atomic E-state index is -2.77. The molecular formula is C25H28BrN3OSSi. The summed E-state index contributed by atoms with van der Waals surface area (Å²) in [7, 11) is -2.77. The average molecular weight is 527 g/mol. The Morgan fingerprint density at radius 1 is 1.00 bits per heavy atom. The smallest absolute Gasteiger partial charge is 0.320 e. The summed E-state index contributed by atoms with van der Waals surface area (Å²) >= 11 is 4.99. The first kappa shape index (κ1) is 22.8. The maximum Gasteiger partial charge on any atom is 0.320 e. The minimum absolute atomic E-state index is 0.136. The molecule has 0 aliphatic carbocycles. The third-order valence-corrected chi connectivity index (χ3v) is 11.7. The number of fused-ring (bicyclic) bond motifs is 1. The predicted octanol–water partition coefficient (Wildman–Crippen LogP) is 5.62. The van der Waals surface area contributed by atoms with Crippen LogP contribution in [-0.4, -0.2) is 25.2 Å². The topological polar surface area (TPSA) is 60.2 Å². The Balaban J connectivity index is 1.97. The van der Waals surface area contributed by atoms with Gasteiger partial charge in [0.1, 0.15) is 11.3 Å². The molecule has 32 heavy (non-hydrogen) atoms. The van der Waals surface area contributed by atoms with Crippen molar-refractivity contribution in [3.05, 3.63) is 72.8 Å². The van der Waals surface area contributed by atoms with Gasteiger partial charge in [-0.25, -0.2) is 4.98 Å². The van der Waals surface area contributed by atoms with Crippen LogP contribution in [0, 0.1) is 0 Å². The van der Waals surface area contributed by atoms with Crippen molar-refractivity contribution in [2.75, 3.05) is 22.9 Å². The number of rotatable bonds is 7. The molecule has 0 radical (unpaired) electrons. The molecule has 166 valence electrons. The number of nitrogen functional groups attached to an aromatic ring is 1. The Morgan fingerprint density at radius 2 is 1.59 bits per heavy atom. The normalized spacial score (nSPS) is 12.1. The number of halogens is 1. The number of hydrogen-bond donors (Lipinski definition) is 2. The van der Waals surface area contributed by atoms with Gasteiger partial charge in [-0.2, -0.15) is 0 Å². The summed E-state index contributed by atoms with van der Waals surface area (Å²) in [6.07, 6.45) is 0. The highest BCUT2D eigenvalue weighted by Crippen LogP contribution is 2.41. The first-order valence-electron chi connectivity index (χ1n) is 10.6. The fourth-order valence-corrected chi connectivity index (χ4v) is 9.61. The molecular weight excluding hydrogens is 498 g/mol. The van der Waals surface area contributed by atoms with Crippen LogP contribution in [0.25, 0.3) is 10.2 Å². The van der Waals surface area contributed by atoms with E-state index in [1.807, 2.05) is 0 Å². The lowest BCUT2D eigenvalue weighted by molar-refractivity contribution is 0.512. The standard InChI is InChI=1S/C25H28BrN3OSSi/c1-25(2,3)32(19-10-6-4-7-11-19,20-12-8-5-9-13-20)30-21-16-18(28-15-14-26)17-22-23(21)29-24(27)31-22/h4-13,16-17,28H,14-15H2,1-3H3,(H2,27,29). The van der Waals surface area contributed by atoms with E-state index in [1.165, 1.54) is 21.7 Å². The fourth-order valence-electron chi connectivity index (χ4n) is 4.20. The van der Waals surface area contributed by atoms with Crippen LogP contribution in [0.5, 0.6) is 5.75 Å². The molecule has 3 N–H and O–H groups in total. The molecule has 7 heteroatoms. The maximum atomic E-state index is 7.26. The number of benzene rings is 3. The molecule has 4 rings (SSSR count). The quantitative estimate of drug-likeness (QED) is 0.242. The lowest BCUT2D eigenvalue weighted by Gasteiger charge is -2.43. The number of aromatic nitrogens is 1. The van der Waals surface area contributed by atoms with Gasteiger partial charge >= 0.3 is 8.32 Å². The van der Waals surface area contributed by atoms with E-state index in [0.29, 0.717) is 5.13 Å². The van der Waals surface area contributed by atoms with Crippen molar-refractivity contribution >= 4 is 67.0 Å². The first-order valence-corrected chi connectivity index (χ1v) is 14.5. The molecule has 0 bridgehead atoms. The van der Waals surface area contributed by atoms with Gasteiger partial charge < -0.3 is 15.5 Å². The van der Waals surface area contributed by atoms with Crippen molar-refractivity contribution in [3.63, 3.8) is 0 Å². The molecule has 3 aromatic carbocycles. The van der Waals surface area contributed by atoms with Gasteiger partial charge in [-0.1, -0.05) is 109 Å². The molecule has 0 amide bonds. The average Bonchev–Trinajstić information content (AvgIpc) is 3.16. The molecule has 0 unspecified atom stereocenters. The fraction of sp³-hybridized carbons (Fsp3) is 0.240. The molecule has 1 aromatic heterocycles. The van der Waals surface area contributed by atoms with Crippen LogP contribution in [0.2, 0.25) is 5.04 Å². The first-order chi connectivity index (χ1) is 15.3. The second-order valence-electron chi connectivity index (χ2n) is 8.75. The molecule has 0 fully saturated rings. The molecule has 0 atom stereocenters. The van der Waals surface area contributed by atoms with Crippen LogP contribution in [0.3, 0.4) is 0 Å². The summed E-state index contributed by atoms with van der Waals surface area (Å²) in [6, 6.07) is 25.5. The van der Waals surface area contributed by atoms with Gasteiger partial charge in [0.2, 0.25) is 0 Å². The number of nitrogens with zero attached hydrogens (tertiary/aromatic N) is 1. The lowest BCUT2D eigenvalue weighted by Crippen LogP contribution is -2.68. The number of thiazole rings is 1. The summed E-state index contributed by atoms with van der Waals surface area (Å²) in [5.41, 5.74) is 7.95. The van der Waals surface area contributed by atoms with E-state index in [4.69, 9.17) is 10.2 Å².